The van der Waals surface area contributed by atoms with E-state index in [0.717, 1.165) is 52.5 Å². The Morgan fingerprint density at radius 3 is 1.64 bits per heavy atom. The van der Waals surface area contributed by atoms with Crippen LogP contribution in [0.15, 0.2) is 199 Å². The molecular formula is C76H64BN3O. The topological polar surface area (TPSA) is 24.0 Å². The van der Waals surface area contributed by atoms with Crippen molar-refractivity contribution in [3.63, 3.8) is 0 Å². The van der Waals surface area contributed by atoms with Gasteiger partial charge in [-0.25, -0.2) is 0 Å². The van der Waals surface area contributed by atoms with Gasteiger partial charge < -0.3 is 18.6 Å². The molecule has 2 aliphatic heterocycles. The fraction of sp³-hybridized carbons (Fsp3) is 0.211. The van der Waals surface area contributed by atoms with Gasteiger partial charge in [-0.15, -0.1) is 0 Å². The number of hydrogen-bond donors (Lipinski definition) is 0. The van der Waals surface area contributed by atoms with Crippen molar-refractivity contribution in [1.29, 1.82) is 0 Å². The summed E-state index contributed by atoms with van der Waals surface area (Å²) in [4.78, 5) is 5.30. The molecular weight excluding hydrogens is 982 g/mol. The quantitative estimate of drug-likeness (QED) is 0.164. The number of rotatable bonds is 4. The van der Waals surface area contributed by atoms with Crippen molar-refractivity contribution in [2.75, 3.05) is 9.80 Å². The lowest BCUT2D eigenvalue weighted by Crippen LogP contribution is -2.61. The molecule has 0 spiro atoms. The first kappa shape index (κ1) is 47.3. The number of benzene rings is 10. The van der Waals surface area contributed by atoms with Crippen molar-refractivity contribution in [2.24, 2.45) is 0 Å². The van der Waals surface area contributed by atoms with Crippen LogP contribution in [0, 0.1) is 0 Å². The van der Waals surface area contributed by atoms with E-state index in [-0.39, 0.29) is 28.4 Å². The largest absolute Gasteiger partial charge is 0.456 e. The molecule has 5 heteroatoms. The zero-order valence-electron chi connectivity index (χ0n) is 47.6. The molecule has 392 valence electrons. The van der Waals surface area contributed by atoms with E-state index in [4.69, 9.17) is 4.42 Å². The summed E-state index contributed by atoms with van der Waals surface area (Å²) in [6.45, 7) is 19.7. The maximum absolute atomic E-state index is 6.48. The summed E-state index contributed by atoms with van der Waals surface area (Å²) in [6, 6.07) is 74.7. The van der Waals surface area contributed by atoms with Gasteiger partial charge in [0, 0.05) is 66.4 Å². The first-order chi connectivity index (χ1) is 39.1. The molecule has 0 unspecified atom stereocenters. The van der Waals surface area contributed by atoms with Gasteiger partial charge in [0.25, 0.3) is 6.71 Å². The van der Waals surface area contributed by atoms with Crippen LogP contribution in [0.4, 0.5) is 34.1 Å². The standard InChI is InChI=1S/C76H64BN3O/c1-73(2)33-34-74(3,4)58-42-50(28-29-57(58)73)79-66-44-60-59(75(5,6)35-36-76(60,7)8)43-62(66)77-61-30-25-47(45-26-31-64-55(37-45)54-22-16-21-53-51-19-12-14-23-63(51)80(64)72(53)54)39-65(61)78(49-17-10-9-11-18-49)67-40-48(41-68(79)71(67)77)46-27-32-70-56(38-46)52-20-13-15-24-69(52)81-70/h9-32,37-44H,33-36H2,1-8H3. The van der Waals surface area contributed by atoms with Crippen LogP contribution in [0.2, 0.25) is 0 Å². The van der Waals surface area contributed by atoms with Gasteiger partial charge >= 0.3 is 0 Å². The van der Waals surface area contributed by atoms with Crippen molar-refractivity contribution in [3.8, 4) is 22.3 Å². The predicted molar refractivity (Wildman–Crippen MR) is 344 cm³/mol. The van der Waals surface area contributed by atoms with Crippen LogP contribution in [0.3, 0.4) is 0 Å². The molecule has 4 aliphatic rings. The SMILES string of the molecule is CC1(C)CCC(C)(C)c2cc(N3c4cc5c(cc4B4c6ccc(-c7ccc8c(c7)c7cccc9c%10ccccc%10n8c97)cc6N(c6ccccc6)c6cc(-c7ccc8oc9ccccc9c8c7)cc3c64)C(C)(C)CCC5(C)C)ccc21. The Balaban J connectivity index is 0.963. The zero-order chi connectivity index (χ0) is 54.6. The van der Waals surface area contributed by atoms with Crippen LogP contribution in [0.5, 0.6) is 0 Å². The van der Waals surface area contributed by atoms with Crippen molar-refractivity contribution in [1.82, 2.24) is 4.40 Å². The Bertz CT molecular complexity index is 4860. The van der Waals surface area contributed by atoms with E-state index in [2.05, 4.69) is 264 Å². The number of furan rings is 1. The van der Waals surface area contributed by atoms with Crippen LogP contribution in [-0.4, -0.2) is 11.1 Å². The van der Waals surface area contributed by atoms with E-state index in [1.54, 1.807) is 0 Å². The van der Waals surface area contributed by atoms with Gasteiger partial charge in [-0.05, 0) is 193 Å². The Morgan fingerprint density at radius 2 is 0.877 bits per heavy atom. The summed E-state index contributed by atoms with van der Waals surface area (Å²) in [5.74, 6) is 0. The molecule has 0 bridgehead atoms. The lowest BCUT2D eigenvalue weighted by molar-refractivity contribution is 0.332. The zero-order valence-corrected chi connectivity index (χ0v) is 47.6. The van der Waals surface area contributed by atoms with Crippen LogP contribution < -0.4 is 26.2 Å². The number of hydrogen-bond acceptors (Lipinski definition) is 3. The van der Waals surface area contributed by atoms with Crippen molar-refractivity contribution < 1.29 is 4.42 Å². The second-order valence-corrected chi connectivity index (χ2v) is 27.0. The highest BCUT2D eigenvalue weighted by Crippen LogP contribution is 2.54. The maximum atomic E-state index is 6.48. The van der Waals surface area contributed by atoms with Crippen molar-refractivity contribution >= 4 is 117 Å². The second kappa shape index (κ2) is 16.1. The molecule has 0 radical (unpaired) electrons. The third-order valence-electron chi connectivity index (χ3n) is 20.4. The fourth-order valence-corrected chi connectivity index (χ4v) is 15.8. The van der Waals surface area contributed by atoms with E-state index >= 15 is 0 Å². The predicted octanol–water partition coefficient (Wildman–Crippen LogP) is 18.9. The molecule has 0 fully saturated rings. The second-order valence-electron chi connectivity index (χ2n) is 27.0. The van der Waals surface area contributed by atoms with Gasteiger partial charge in [0.15, 0.2) is 0 Å². The maximum Gasteiger partial charge on any atom is 0.252 e. The summed E-state index contributed by atoms with van der Waals surface area (Å²) in [7, 11) is 0. The van der Waals surface area contributed by atoms with E-state index < -0.39 is 0 Å². The summed E-state index contributed by atoms with van der Waals surface area (Å²) in [5.41, 5.74) is 27.8. The minimum Gasteiger partial charge on any atom is -0.456 e. The van der Waals surface area contributed by atoms with Crippen molar-refractivity contribution in [2.45, 2.75) is 103 Å². The van der Waals surface area contributed by atoms with Crippen LogP contribution in [-0.2, 0) is 21.7 Å². The minimum atomic E-state index is -0.0458. The molecule has 0 saturated carbocycles. The average Bonchev–Trinajstić information content (AvgIpc) is 4.01. The molecule has 0 saturated heterocycles. The van der Waals surface area contributed by atoms with Gasteiger partial charge in [-0.1, -0.05) is 165 Å². The summed E-state index contributed by atoms with van der Waals surface area (Å²) >= 11 is 0. The smallest absolute Gasteiger partial charge is 0.252 e. The van der Waals surface area contributed by atoms with Gasteiger partial charge in [-0.2, -0.15) is 0 Å². The highest BCUT2D eigenvalue weighted by molar-refractivity contribution is 7.00. The molecule has 0 N–H and O–H groups in total. The van der Waals surface area contributed by atoms with E-state index in [0.29, 0.717) is 0 Å². The van der Waals surface area contributed by atoms with Gasteiger partial charge in [0.1, 0.15) is 11.2 Å². The fourth-order valence-electron chi connectivity index (χ4n) is 15.8. The van der Waals surface area contributed by atoms with Gasteiger partial charge in [0.2, 0.25) is 0 Å². The molecule has 5 heterocycles. The van der Waals surface area contributed by atoms with Crippen molar-refractivity contribution in [3.05, 3.63) is 216 Å². The molecule has 3 aromatic heterocycles. The number of nitrogens with zero attached hydrogens (tertiary/aromatic N) is 3. The summed E-state index contributed by atoms with van der Waals surface area (Å²) in [5, 5.41) is 7.46. The first-order valence-corrected chi connectivity index (χ1v) is 29.5. The monoisotopic (exact) mass is 1050 g/mol. The molecule has 2 aliphatic carbocycles. The third kappa shape index (κ3) is 6.55. The molecule has 81 heavy (non-hydrogen) atoms. The summed E-state index contributed by atoms with van der Waals surface area (Å²) in [6.07, 6.45) is 4.62. The molecule has 4 nitrogen and oxygen atoms in total. The molecule has 13 aromatic rings. The molecule has 0 amide bonds. The Kier molecular flexibility index (Phi) is 9.40. The number of anilines is 6. The Morgan fingerprint density at radius 1 is 0.346 bits per heavy atom. The highest BCUT2D eigenvalue weighted by Gasteiger charge is 2.47. The average molecular weight is 1050 g/mol. The molecule has 0 atom stereocenters. The first-order valence-electron chi connectivity index (χ1n) is 29.5. The van der Waals surface area contributed by atoms with Crippen LogP contribution >= 0.6 is 0 Å². The van der Waals surface area contributed by atoms with E-state index in [9.17, 15) is 0 Å². The Labute approximate surface area is 474 Å². The minimum absolute atomic E-state index is 0.00391. The molecule has 17 rings (SSSR count). The number of fused-ring (bicyclic) bond motifs is 15. The normalized spacial score (nSPS) is 17.3. The van der Waals surface area contributed by atoms with Gasteiger partial charge in [-0.3, -0.25) is 0 Å². The van der Waals surface area contributed by atoms with Crippen LogP contribution in [0.1, 0.15) is 103 Å². The van der Waals surface area contributed by atoms with E-state index in [1.807, 2.05) is 0 Å². The van der Waals surface area contributed by atoms with Gasteiger partial charge in [0.05, 0.1) is 16.6 Å². The summed E-state index contributed by atoms with van der Waals surface area (Å²) < 4.78 is 8.97. The lowest BCUT2D eigenvalue weighted by Gasteiger charge is -2.48. The molecule has 10 aromatic carbocycles. The number of para-hydroxylation sites is 4. The Hall–Kier alpha value is -8.54. The van der Waals surface area contributed by atoms with Crippen LogP contribution in [0.25, 0.3) is 82.3 Å². The van der Waals surface area contributed by atoms with E-state index in [1.165, 1.54) is 128 Å². The lowest BCUT2D eigenvalue weighted by atomic mass is 9.33. The third-order valence-corrected chi connectivity index (χ3v) is 20.4. The highest BCUT2D eigenvalue weighted by atomic mass is 16.3. The number of aromatic nitrogens is 1.